The van der Waals surface area contributed by atoms with E-state index >= 15 is 0 Å². The third-order valence-corrected chi connectivity index (χ3v) is 4.35. The van der Waals surface area contributed by atoms with Crippen LogP contribution in [0.2, 0.25) is 0 Å². The van der Waals surface area contributed by atoms with E-state index < -0.39 is 0 Å². The molecule has 2 heterocycles. The summed E-state index contributed by atoms with van der Waals surface area (Å²) in [5, 5.41) is 7.36. The van der Waals surface area contributed by atoms with Gasteiger partial charge in [-0.05, 0) is 37.4 Å². The number of nitrogens with one attached hydrogen (secondary N) is 1. The molecule has 1 fully saturated rings. The number of nitrogens with zero attached hydrogens (tertiary/aromatic N) is 3. The van der Waals surface area contributed by atoms with Crippen LogP contribution in [0.4, 0.5) is 5.95 Å². The molecule has 1 aliphatic heterocycles. The first-order valence-corrected chi connectivity index (χ1v) is 7.69. The van der Waals surface area contributed by atoms with Gasteiger partial charge in [-0.2, -0.15) is 4.98 Å². The number of benzene rings is 1. The van der Waals surface area contributed by atoms with Gasteiger partial charge in [0.1, 0.15) is 0 Å². The molecular formula is C14H18BrN5. The number of halogens is 1. The van der Waals surface area contributed by atoms with Crippen molar-refractivity contribution in [3.63, 3.8) is 0 Å². The lowest BCUT2D eigenvalue weighted by atomic mass is 9.97. The van der Waals surface area contributed by atoms with Crippen molar-refractivity contribution in [2.45, 2.75) is 12.8 Å². The van der Waals surface area contributed by atoms with Crippen molar-refractivity contribution >= 4 is 21.9 Å². The molecule has 0 atom stereocenters. The number of piperidine rings is 1. The van der Waals surface area contributed by atoms with E-state index in [9.17, 15) is 0 Å². The molecule has 5 nitrogen and oxygen atoms in total. The predicted molar refractivity (Wildman–Crippen MR) is 83.5 cm³/mol. The lowest BCUT2D eigenvalue weighted by Gasteiger charge is -2.30. The standard InChI is InChI=1S/C14H18BrN5/c15-12-3-1-11(2-4-12)13-17-14(19-18-13)20-7-5-10(9-16)6-8-20/h1-4,10H,5-9,16H2,(H,17,18,19). The summed E-state index contributed by atoms with van der Waals surface area (Å²) in [4.78, 5) is 6.82. The summed E-state index contributed by atoms with van der Waals surface area (Å²) in [6.07, 6.45) is 2.25. The molecule has 0 amide bonds. The summed E-state index contributed by atoms with van der Waals surface area (Å²) in [6, 6.07) is 8.05. The molecule has 0 unspecified atom stereocenters. The van der Waals surface area contributed by atoms with E-state index in [1.54, 1.807) is 0 Å². The molecule has 106 valence electrons. The molecule has 0 spiro atoms. The van der Waals surface area contributed by atoms with Gasteiger partial charge in [0.25, 0.3) is 0 Å². The van der Waals surface area contributed by atoms with Crippen molar-refractivity contribution in [1.29, 1.82) is 0 Å². The van der Waals surface area contributed by atoms with Gasteiger partial charge < -0.3 is 10.6 Å². The summed E-state index contributed by atoms with van der Waals surface area (Å²) >= 11 is 3.43. The van der Waals surface area contributed by atoms with E-state index in [0.717, 1.165) is 54.3 Å². The highest BCUT2D eigenvalue weighted by Crippen LogP contribution is 2.23. The number of aromatic nitrogens is 3. The lowest BCUT2D eigenvalue weighted by Crippen LogP contribution is -2.36. The van der Waals surface area contributed by atoms with E-state index in [2.05, 4.69) is 36.0 Å². The van der Waals surface area contributed by atoms with Crippen LogP contribution in [-0.4, -0.2) is 34.8 Å². The van der Waals surface area contributed by atoms with Gasteiger partial charge >= 0.3 is 0 Å². The SMILES string of the molecule is NCC1CCN(c2n[nH]c(-c3ccc(Br)cc3)n2)CC1. The number of hydrogen-bond donors (Lipinski definition) is 2. The van der Waals surface area contributed by atoms with Crippen LogP contribution < -0.4 is 10.6 Å². The van der Waals surface area contributed by atoms with Gasteiger partial charge in [-0.15, -0.1) is 5.10 Å². The second-order valence-corrected chi connectivity index (χ2v) is 6.07. The number of nitrogens with two attached hydrogens (primary N) is 1. The molecule has 0 saturated carbocycles. The Morgan fingerprint density at radius 2 is 1.95 bits per heavy atom. The zero-order valence-corrected chi connectivity index (χ0v) is 12.8. The highest BCUT2D eigenvalue weighted by atomic mass is 79.9. The van der Waals surface area contributed by atoms with Crippen molar-refractivity contribution < 1.29 is 0 Å². The summed E-state index contributed by atoms with van der Waals surface area (Å²) in [5.41, 5.74) is 6.77. The summed E-state index contributed by atoms with van der Waals surface area (Å²) < 4.78 is 1.06. The fraction of sp³-hybridized carbons (Fsp3) is 0.429. The molecule has 0 aliphatic carbocycles. The van der Waals surface area contributed by atoms with E-state index in [0.29, 0.717) is 5.92 Å². The fourth-order valence-corrected chi connectivity index (χ4v) is 2.76. The van der Waals surface area contributed by atoms with Crippen molar-refractivity contribution in [2.24, 2.45) is 11.7 Å². The Bertz CT molecular complexity index is 557. The monoisotopic (exact) mass is 335 g/mol. The number of rotatable bonds is 3. The second kappa shape index (κ2) is 5.93. The Balaban J connectivity index is 1.72. The van der Waals surface area contributed by atoms with Gasteiger partial charge in [0.05, 0.1) is 0 Å². The number of anilines is 1. The average molecular weight is 336 g/mol. The predicted octanol–water partition coefficient (Wildman–Crippen LogP) is 2.41. The van der Waals surface area contributed by atoms with Gasteiger partial charge in [0, 0.05) is 23.1 Å². The van der Waals surface area contributed by atoms with Gasteiger partial charge in [0.15, 0.2) is 5.82 Å². The number of aromatic amines is 1. The molecule has 1 saturated heterocycles. The fourth-order valence-electron chi connectivity index (χ4n) is 2.50. The van der Waals surface area contributed by atoms with Crippen LogP contribution in [0.3, 0.4) is 0 Å². The lowest BCUT2D eigenvalue weighted by molar-refractivity contribution is 0.411. The maximum Gasteiger partial charge on any atom is 0.245 e. The maximum atomic E-state index is 5.72. The van der Waals surface area contributed by atoms with Crippen molar-refractivity contribution in [2.75, 3.05) is 24.5 Å². The molecule has 1 aromatic carbocycles. The quantitative estimate of drug-likeness (QED) is 0.903. The molecule has 0 bridgehead atoms. The van der Waals surface area contributed by atoms with Gasteiger partial charge in [-0.1, -0.05) is 28.1 Å². The highest BCUT2D eigenvalue weighted by Gasteiger charge is 2.21. The molecule has 0 radical (unpaired) electrons. The minimum absolute atomic E-state index is 0.649. The van der Waals surface area contributed by atoms with Crippen molar-refractivity contribution in [1.82, 2.24) is 15.2 Å². The van der Waals surface area contributed by atoms with Crippen LogP contribution in [0, 0.1) is 5.92 Å². The Kier molecular flexibility index (Phi) is 4.03. The van der Waals surface area contributed by atoms with E-state index in [1.807, 2.05) is 24.3 Å². The van der Waals surface area contributed by atoms with Crippen molar-refractivity contribution in [3.05, 3.63) is 28.7 Å². The third-order valence-electron chi connectivity index (χ3n) is 3.82. The van der Waals surface area contributed by atoms with Crippen LogP contribution in [0.5, 0.6) is 0 Å². The molecule has 6 heteroatoms. The summed E-state index contributed by atoms with van der Waals surface area (Å²) in [5.74, 6) is 2.25. The largest absolute Gasteiger partial charge is 0.340 e. The molecule has 3 rings (SSSR count). The minimum atomic E-state index is 0.649. The molecule has 1 aliphatic rings. The average Bonchev–Trinajstić information content (AvgIpc) is 2.98. The van der Waals surface area contributed by atoms with Crippen LogP contribution in [0.25, 0.3) is 11.4 Å². The summed E-state index contributed by atoms with van der Waals surface area (Å²) in [7, 11) is 0. The summed E-state index contributed by atoms with van der Waals surface area (Å²) in [6.45, 7) is 2.75. The molecule has 20 heavy (non-hydrogen) atoms. The van der Waals surface area contributed by atoms with Gasteiger partial charge in [-0.25, -0.2) is 0 Å². The third kappa shape index (κ3) is 2.86. The van der Waals surface area contributed by atoms with Crippen molar-refractivity contribution in [3.8, 4) is 11.4 Å². The molecule has 3 N–H and O–H groups in total. The Hall–Kier alpha value is -1.40. The Morgan fingerprint density at radius 3 is 2.60 bits per heavy atom. The smallest absolute Gasteiger partial charge is 0.245 e. The van der Waals surface area contributed by atoms with Gasteiger partial charge in [-0.3, -0.25) is 5.10 Å². The highest BCUT2D eigenvalue weighted by molar-refractivity contribution is 9.10. The van der Waals surface area contributed by atoms with E-state index in [-0.39, 0.29) is 0 Å². The second-order valence-electron chi connectivity index (χ2n) is 5.16. The zero-order valence-electron chi connectivity index (χ0n) is 11.2. The first-order chi connectivity index (χ1) is 9.76. The first kappa shape index (κ1) is 13.6. The Morgan fingerprint density at radius 1 is 1.25 bits per heavy atom. The van der Waals surface area contributed by atoms with Gasteiger partial charge in [0.2, 0.25) is 5.95 Å². The first-order valence-electron chi connectivity index (χ1n) is 6.89. The van der Waals surface area contributed by atoms with E-state index in [4.69, 9.17) is 5.73 Å². The van der Waals surface area contributed by atoms with E-state index in [1.165, 1.54) is 0 Å². The van der Waals surface area contributed by atoms with Crippen LogP contribution in [0.15, 0.2) is 28.7 Å². The van der Waals surface area contributed by atoms with Crippen LogP contribution in [-0.2, 0) is 0 Å². The number of H-pyrrole nitrogens is 1. The molecule has 2 aromatic rings. The topological polar surface area (TPSA) is 70.8 Å². The number of hydrogen-bond acceptors (Lipinski definition) is 4. The van der Waals surface area contributed by atoms with Crippen LogP contribution in [0.1, 0.15) is 12.8 Å². The molecular weight excluding hydrogens is 318 g/mol. The maximum absolute atomic E-state index is 5.72. The molecule has 1 aromatic heterocycles. The normalized spacial score (nSPS) is 16.6. The Labute approximate surface area is 126 Å². The van der Waals surface area contributed by atoms with Crippen LogP contribution >= 0.6 is 15.9 Å². The zero-order chi connectivity index (χ0) is 13.9. The minimum Gasteiger partial charge on any atom is -0.340 e.